The SMILES string of the molecule is Cc1ccc(C(=O)Cc2c(C)nn(C)c2Cl)cc1F. The normalized spacial score (nSPS) is 10.8. The van der Waals surface area contributed by atoms with Gasteiger partial charge in [-0.2, -0.15) is 5.10 Å². The zero-order valence-corrected chi connectivity index (χ0v) is 11.8. The average Bonchev–Trinajstić information content (AvgIpc) is 2.59. The van der Waals surface area contributed by atoms with Gasteiger partial charge in [-0.05, 0) is 25.5 Å². The molecule has 2 aromatic rings. The number of aromatic nitrogens is 2. The number of nitrogens with zero attached hydrogens (tertiary/aromatic N) is 2. The molecule has 2 rings (SSSR count). The summed E-state index contributed by atoms with van der Waals surface area (Å²) >= 11 is 6.08. The van der Waals surface area contributed by atoms with Crippen LogP contribution in [0.3, 0.4) is 0 Å². The van der Waals surface area contributed by atoms with Crippen LogP contribution >= 0.6 is 11.6 Å². The van der Waals surface area contributed by atoms with Crippen molar-refractivity contribution >= 4 is 17.4 Å². The number of carbonyl (C=O) groups excluding carboxylic acids is 1. The van der Waals surface area contributed by atoms with Crippen molar-refractivity contribution in [3.05, 3.63) is 51.6 Å². The van der Waals surface area contributed by atoms with Gasteiger partial charge in [-0.3, -0.25) is 9.48 Å². The fourth-order valence-electron chi connectivity index (χ4n) is 1.90. The van der Waals surface area contributed by atoms with Gasteiger partial charge in [0.1, 0.15) is 11.0 Å². The Morgan fingerprint density at radius 2 is 2.11 bits per heavy atom. The van der Waals surface area contributed by atoms with Crippen molar-refractivity contribution < 1.29 is 9.18 Å². The first-order valence-electron chi connectivity index (χ1n) is 5.87. The molecular formula is C14H14ClFN2O. The first-order valence-corrected chi connectivity index (χ1v) is 6.25. The number of ketones is 1. The highest BCUT2D eigenvalue weighted by atomic mass is 35.5. The number of halogens is 2. The topological polar surface area (TPSA) is 34.9 Å². The van der Waals surface area contributed by atoms with E-state index in [0.717, 1.165) is 0 Å². The third-order valence-corrected chi connectivity index (χ3v) is 3.57. The predicted octanol–water partition coefficient (Wildman–Crippen LogP) is 3.25. The minimum atomic E-state index is -0.375. The molecule has 0 fully saturated rings. The first-order chi connectivity index (χ1) is 8.90. The van der Waals surface area contributed by atoms with Crippen LogP contribution in [0.25, 0.3) is 0 Å². The van der Waals surface area contributed by atoms with Crippen molar-refractivity contribution in [1.29, 1.82) is 0 Å². The number of rotatable bonds is 3. The summed E-state index contributed by atoms with van der Waals surface area (Å²) < 4.78 is 15.0. The van der Waals surface area contributed by atoms with Crippen LogP contribution in [0.1, 0.15) is 27.2 Å². The van der Waals surface area contributed by atoms with Crippen LogP contribution in [0.15, 0.2) is 18.2 Å². The number of Topliss-reactive ketones (excluding diaryl/α,β-unsaturated/α-hetero) is 1. The fourth-order valence-corrected chi connectivity index (χ4v) is 2.14. The third kappa shape index (κ3) is 2.68. The van der Waals surface area contributed by atoms with Crippen LogP contribution in [0.5, 0.6) is 0 Å². The molecule has 1 aromatic heterocycles. The number of carbonyl (C=O) groups is 1. The molecule has 0 saturated carbocycles. The van der Waals surface area contributed by atoms with E-state index < -0.39 is 0 Å². The van der Waals surface area contributed by atoms with E-state index >= 15 is 0 Å². The molecule has 0 aliphatic carbocycles. The largest absolute Gasteiger partial charge is 0.294 e. The Bertz CT molecular complexity index is 649. The summed E-state index contributed by atoms with van der Waals surface area (Å²) in [5, 5.41) is 4.59. The van der Waals surface area contributed by atoms with Crippen LogP contribution in [0, 0.1) is 19.7 Å². The maximum atomic E-state index is 13.4. The smallest absolute Gasteiger partial charge is 0.167 e. The third-order valence-electron chi connectivity index (χ3n) is 3.10. The molecule has 0 aliphatic rings. The number of hydrogen-bond donors (Lipinski definition) is 0. The molecule has 0 radical (unpaired) electrons. The van der Waals surface area contributed by atoms with Gasteiger partial charge < -0.3 is 0 Å². The standard InChI is InChI=1S/C14H14ClFN2O/c1-8-4-5-10(6-12(8)16)13(19)7-11-9(2)17-18(3)14(11)15/h4-6H,7H2,1-3H3. The summed E-state index contributed by atoms with van der Waals surface area (Å²) in [6.07, 6.45) is 0.126. The van der Waals surface area contributed by atoms with Crippen molar-refractivity contribution in [3.63, 3.8) is 0 Å². The van der Waals surface area contributed by atoms with Crippen molar-refractivity contribution in [3.8, 4) is 0 Å². The Morgan fingerprint density at radius 3 is 2.63 bits per heavy atom. The highest BCUT2D eigenvalue weighted by Crippen LogP contribution is 2.21. The molecular weight excluding hydrogens is 267 g/mol. The molecule has 1 aromatic carbocycles. The summed E-state index contributed by atoms with van der Waals surface area (Å²) in [7, 11) is 1.72. The molecule has 0 atom stereocenters. The maximum absolute atomic E-state index is 13.4. The van der Waals surface area contributed by atoms with E-state index in [2.05, 4.69) is 5.10 Å². The van der Waals surface area contributed by atoms with Crippen LogP contribution in [0.2, 0.25) is 5.15 Å². The second kappa shape index (κ2) is 5.13. The van der Waals surface area contributed by atoms with Gasteiger partial charge in [0.25, 0.3) is 0 Å². The van der Waals surface area contributed by atoms with Crippen molar-refractivity contribution in [2.45, 2.75) is 20.3 Å². The molecule has 19 heavy (non-hydrogen) atoms. The predicted molar refractivity (Wildman–Crippen MR) is 72.1 cm³/mol. The molecule has 0 unspecified atom stereocenters. The highest BCUT2D eigenvalue weighted by Gasteiger charge is 2.16. The van der Waals surface area contributed by atoms with Gasteiger partial charge in [-0.1, -0.05) is 23.7 Å². The van der Waals surface area contributed by atoms with E-state index in [0.29, 0.717) is 27.5 Å². The van der Waals surface area contributed by atoms with Crippen molar-refractivity contribution in [2.24, 2.45) is 7.05 Å². The van der Waals surface area contributed by atoms with E-state index in [9.17, 15) is 9.18 Å². The summed E-state index contributed by atoms with van der Waals surface area (Å²) in [6, 6.07) is 4.48. The zero-order valence-electron chi connectivity index (χ0n) is 11.0. The molecule has 0 aliphatic heterocycles. The fraction of sp³-hybridized carbons (Fsp3) is 0.286. The van der Waals surface area contributed by atoms with Crippen LogP contribution in [-0.2, 0) is 13.5 Å². The molecule has 100 valence electrons. The summed E-state index contributed by atoms with van der Waals surface area (Å²) in [4.78, 5) is 12.1. The van der Waals surface area contributed by atoms with Gasteiger partial charge >= 0.3 is 0 Å². The van der Waals surface area contributed by atoms with E-state index in [1.165, 1.54) is 10.7 Å². The summed E-state index contributed by atoms with van der Waals surface area (Å²) in [6.45, 7) is 3.45. The average molecular weight is 281 g/mol. The van der Waals surface area contributed by atoms with E-state index in [1.54, 1.807) is 33.0 Å². The minimum absolute atomic E-state index is 0.126. The van der Waals surface area contributed by atoms with Crippen molar-refractivity contribution in [2.75, 3.05) is 0 Å². The Hall–Kier alpha value is -1.68. The Balaban J connectivity index is 2.28. The second-order valence-corrected chi connectivity index (χ2v) is 4.90. The summed E-state index contributed by atoms with van der Waals surface area (Å²) in [5.74, 6) is -0.545. The Labute approximate surface area is 116 Å². The van der Waals surface area contributed by atoms with Crippen LogP contribution in [0.4, 0.5) is 4.39 Å². The molecule has 1 heterocycles. The minimum Gasteiger partial charge on any atom is -0.294 e. The van der Waals surface area contributed by atoms with E-state index in [4.69, 9.17) is 11.6 Å². The van der Waals surface area contributed by atoms with Gasteiger partial charge in [-0.15, -0.1) is 0 Å². The molecule has 0 bridgehead atoms. The molecule has 0 saturated heterocycles. The van der Waals surface area contributed by atoms with E-state index in [1.807, 2.05) is 0 Å². The monoisotopic (exact) mass is 280 g/mol. The van der Waals surface area contributed by atoms with Crippen LogP contribution in [-0.4, -0.2) is 15.6 Å². The van der Waals surface area contributed by atoms with Gasteiger partial charge in [0.05, 0.1) is 5.69 Å². The van der Waals surface area contributed by atoms with Crippen molar-refractivity contribution in [1.82, 2.24) is 9.78 Å². The maximum Gasteiger partial charge on any atom is 0.167 e. The lowest BCUT2D eigenvalue weighted by atomic mass is 10.0. The first kappa shape index (κ1) is 13.7. The lowest BCUT2D eigenvalue weighted by Gasteiger charge is -2.03. The summed E-state index contributed by atoms with van der Waals surface area (Å²) in [5.41, 5.74) is 2.28. The second-order valence-electron chi connectivity index (χ2n) is 4.54. The van der Waals surface area contributed by atoms with Gasteiger partial charge in [0, 0.05) is 24.6 Å². The van der Waals surface area contributed by atoms with Gasteiger partial charge in [-0.25, -0.2) is 4.39 Å². The Kier molecular flexibility index (Phi) is 3.71. The number of hydrogen-bond acceptors (Lipinski definition) is 2. The molecule has 0 spiro atoms. The molecule has 3 nitrogen and oxygen atoms in total. The van der Waals surface area contributed by atoms with Gasteiger partial charge in [0.15, 0.2) is 5.78 Å². The quantitative estimate of drug-likeness (QED) is 0.809. The molecule has 0 amide bonds. The lowest BCUT2D eigenvalue weighted by Crippen LogP contribution is -2.05. The zero-order chi connectivity index (χ0) is 14.2. The molecule has 0 N–H and O–H groups in total. The lowest BCUT2D eigenvalue weighted by molar-refractivity contribution is 0.0992. The Morgan fingerprint density at radius 1 is 1.42 bits per heavy atom. The number of aryl methyl sites for hydroxylation is 3. The molecule has 5 heteroatoms. The van der Waals surface area contributed by atoms with Gasteiger partial charge in [0.2, 0.25) is 0 Å². The van der Waals surface area contributed by atoms with Crippen LogP contribution < -0.4 is 0 Å². The number of benzene rings is 1. The highest BCUT2D eigenvalue weighted by molar-refractivity contribution is 6.30. The van der Waals surface area contributed by atoms with E-state index in [-0.39, 0.29) is 18.0 Å².